The van der Waals surface area contributed by atoms with Gasteiger partial charge in [-0.15, -0.1) is 0 Å². The second-order valence-corrected chi connectivity index (χ2v) is 5.08. The fourth-order valence-corrected chi connectivity index (χ4v) is 2.20. The van der Waals surface area contributed by atoms with Crippen LogP contribution in [-0.4, -0.2) is 28.6 Å². The molecule has 0 aliphatic carbocycles. The highest BCUT2D eigenvalue weighted by Crippen LogP contribution is 2.21. The van der Waals surface area contributed by atoms with E-state index in [0.717, 1.165) is 5.56 Å². The van der Waals surface area contributed by atoms with Crippen LogP contribution < -0.4 is 5.73 Å². The Labute approximate surface area is 142 Å². The standard InChI is InChI=1S/C17H15FN4O3/c1-2-24-17(23)25-22-15(19)11-5-8-13-14(9-11)21-16(20-13)10-3-6-12(18)7-4-10/h3-9H,2H2,1H3,(H2,19,22)(H,20,21). The molecule has 1 aromatic heterocycles. The van der Waals surface area contributed by atoms with Gasteiger partial charge >= 0.3 is 6.16 Å². The molecule has 0 spiro atoms. The highest BCUT2D eigenvalue weighted by molar-refractivity contribution is 6.00. The molecule has 1 heterocycles. The first kappa shape index (κ1) is 16.4. The maximum absolute atomic E-state index is 13.0. The van der Waals surface area contributed by atoms with E-state index in [1.807, 2.05) is 0 Å². The zero-order chi connectivity index (χ0) is 17.8. The summed E-state index contributed by atoms with van der Waals surface area (Å²) in [6.45, 7) is 1.83. The van der Waals surface area contributed by atoms with Crippen molar-refractivity contribution in [3.8, 4) is 11.4 Å². The molecule has 128 valence electrons. The monoisotopic (exact) mass is 342 g/mol. The lowest BCUT2D eigenvalue weighted by Crippen LogP contribution is -2.15. The van der Waals surface area contributed by atoms with E-state index in [2.05, 4.69) is 24.7 Å². The Balaban J connectivity index is 1.86. The molecule has 0 atom stereocenters. The molecule has 0 radical (unpaired) electrons. The van der Waals surface area contributed by atoms with Gasteiger partial charge in [-0.05, 0) is 49.4 Å². The Morgan fingerprint density at radius 2 is 2.04 bits per heavy atom. The summed E-state index contributed by atoms with van der Waals surface area (Å²) >= 11 is 0. The molecule has 0 aliphatic rings. The van der Waals surface area contributed by atoms with E-state index in [1.165, 1.54) is 12.1 Å². The number of hydrogen-bond acceptors (Lipinski definition) is 5. The van der Waals surface area contributed by atoms with Crippen molar-refractivity contribution in [3.05, 3.63) is 53.8 Å². The lowest BCUT2D eigenvalue weighted by molar-refractivity contribution is 0.0613. The number of carbonyl (C=O) groups excluding carboxylic acids is 1. The molecule has 0 aliphatic heterocycles. The molecule has 25 heavy (non-hydrogen) atoms. The third-order valence-corrected chi connectivity index (χ3v) is 3.38. The number of rotatable bonds is 4. The number of benzene rings is 2. The molecule has 3 N–H and O–H groups in total. The van der Waals surface area contributed by atoms with Gasteiger partial charge in [-0.2, -0.15) is 0 Å². The Bertz CT molecular complexity index is 935. The highest BCUT2D eigenvalue weighted by atomic mass is 19.1. The molecule has 2 aromatic carbocycles. The van der Waals surface area contributed by atoms with E-state index in [4.69, 9.17) is 5.73 Å². The molecule has 3 aromatic rings. The Morgan fingerprint density at radius 3 is 2.76 bits per heavy atom. The van der Waals surface area contributed by atoms with Crippen LogP contribution in [0, 0.1) is 5.82 Å². The molecule has 0 saturated heterocycles. The van der Waals surface area contributed by atoms with Crippen molar-refractivity contribution in [3.63, 3.8) is 0 Å². The van der Waals surface area contributed by atoms with Gasteiger partial charge in [-0.1, -0.05) is 5.16 Å². The number of aromatic amines is 1. The average molecular weight is 342 g/mol. The summed E-state index contributed by atoms with van der Waals surface area (Å²) in [5, 5.41) is 3.54. The fourth-order valence-electron chi connectivity index (χ4n) is 2.20. The minimum absolute atomic E-state index is 0.0212. The summed E-state index contributed by atoms with van der Waals surface area (Å²) < 4.78 is 17.6. The summed E-state index contributed by atoms with van der Waals surface area (Å²) in [5.41, 5.74) is 8.53. The third-order valence-electron chi connectivity index (χ3n) is 3.38. The molecule has 0 saturated carbocycles. The zero-order valence-electron chi connectivity index (χ0n) is 13.3. The van der Waals surface area contributed by atoms with Gasteiger partial charge in [0.05, 0.1) is 17.6 Å². The summed E-state index contributed by atoms with van der Waals surface area (Å²) in [5.74, 6) is 0.311. The van der Waals surface area contributed by atoms with Crippen LogP contribution in [-0.2, 0) is 9.57 Å². The van der Waals surface area contributed by atoms with Crippen LogP contribution in [0.3, 0.4) is 0 Å². The number of H-pyrrole nitrogens is 1. The minimum Gasteiger partial charge on any atom is -0.433 e. The largest absolute Gasteiger partial charge is 0.535 e. The van der Waals surface area contributed by atoms with Gasteiger partial charge in [-0.25, -0.2) is 14.2 Å². The lowest BCUT2D eigenvalue weighted by atomic mass is 10.2. The number of aromatic nitrogens is 2. The molecule has 0 unspecified atom stereocenters. The normalized spacial score (nSPS) is 11.5. The predicted octanol–water partition coefficient (Wildman–Crippen LogP) is 3.16. The zero-order valence-corrected chi connectivity index (χ0v) is 13.3. The van der Waals surface area contributed by atoms with E-state index in [0.29, 0.717) is 22.4 Å². The SMILES string of the molecule is CCOC(=O)ON=C(N)c1ccc2nc(-c3ccc(F)cc3)[nH]c2c1. The number of fused-ring (bicyclic) bond motifs is 1. The number of oxime groups is 1. The molecule has 8 heteroatoms. The van der Waals surface area contributed by atoms with E-state index in [9.17, 15) is 9.18 Å². The van der Waals surface area contributed by atoms with Gasteiger partial charge < -0.3 is 15.5 Å². The Kier molecular flexibility index (Phi) is 4.60. The number of hydrogen-bond donors (Lipinski definition) is 2. The fraction of sp³-hybridized carbons (Fsp3) is 0.118. The van der Waals surface area contributed by atoms with E-state index in [1.54, 1.807) is 37.3 Å². The molecule has 3 rings (SSSR count). The van der Waals surface area contributed by atoms with Crippen LogP contribution in [0.1, 0.15) is 12.5 Å². The number of ether oxygens (including phenoxy) is 1. The van der Waals surface area contributed by atoms with Crippen LogP contribution in [0.4, 0.5) is 9.18 Å². The number of nitrogens with two attached hydrogens (primary N) is 1. The van der Waals surface area contributed by atoms with Gasteiger partial charge in [0, 0.05) is 11.1 Å². The molecular formula is C17H15FN4O3. The van der Waals surface area contributed by atoms with Crippen molar-refractivity contribution in [1.82, 2.24) is 9.97 Å². The third kappa shape index (κ3) is 3.74. The van der Waals surface area contributed by atoms with E-state index < -0.39 is 6.16 Å². The molecule has 0 amide bonds. The quantitative estimate of drug-likeness (QED) is 0.249. The number of amidine groups is 1. The van der Waals surface area contributed by atoms with Gasteiger partial charge in [0.25, 0.3) is 0 Å². The predicted molar refractivity (Wildman–Crippen MR) is 90.3 cm³/mol. The maximum atomic E-state index is 13.0. The van der Waals surface area contributed by atoms with Crippen molar-refractivity contribution < 1.29 is 18.8 Å². The van der Waals surface area contributed by atoms with Gasteiger partial charge in [0.15, 0.2) is 5.84 Å². The van der Waals surface area contributed by atoms with E-state index >= 15 is 0 Å². The molecule has 0 fully saturated rings. The lowest BCUT2D eigenvalue weighted by Gasteiger charge is -2.01. The summed E-state index contributed by atoms with van der Waals surface area (Å²) in [6.07, 6.45) is -0.924. The highest BCUT2D eigenvalue weighted by Gasteiger charge is 2.09. The number of halogens is 1. The summed E-state index contributed by atoms with van der Waals surface area (Å²) in [6, 6.07) is 11.2. The van der Waals surface area contributed by atoms with Crippen molar-refractivity contribution >= 4 is 23.0 Å². The van der Waals surface area contributed by atoms with Crippen molar-refractivity contribution in [1.29, 1.82) is 0 Å². The first-order valence-electron chi connectivity index (χ1n) is 7.50. The Hall–Kier alpha value is -3.42. The topological polar surface area (TPSA) is 103 Å². The van der Waals surface area contributed by atoms with Crippen LogP contribution in [0.5, 0.6) is 0 Å². The first-order valence-corrected chi connectivity index (χ1v) is 7.50. The van der Waals surface area contributed by atoms with Crippen LogP contribution in [0.25, 0.3) is 22.4 Å². The number of nitrogens with zero attached hydrogens (tertiary/aromatic N) is 2. The van der Waals surface area contributed by atoms with E-state index in [-0.39, 0.29) is 18.3 Å². The van der Waals surface area contributed by atoms with Crippen LogP contribution in [0.2, 0.25) is 0 Å². The maximum Gasteiger partial charge on any atom is 0.535 e. The molecule has 7 nitrogen and oxygen atoms in total. The first-order chi connectivity index (χ1) is 12.1. The second kappa shape index (κ2) is 7.00. The summed E-state index contributed by atoms with van der Waals surface area (Å²) in [7, 11) is 0. The average Bonchev–Trinajstić information content (AvgIpc) is 3.03. The molecular weight excluding hydrogens is 327 g/mol. The van der Waals surface area contributed by atoms with Crippen molar-refractivity contribution in [2.45, 2.75) is 6.92 Å². The van der Waals surface area contributed by atoms with Crippen molar-refractivity contribution in [2.75, 3.05) is 6.61 Å². The van der Waals surface area contributed by atoms with Gasteiger partial charge in [-0.3, -0.25) is 4.84 Å². The van der Waals surface area contributed by atoms with Gasteiger partial charge in [0.2, 0.25) is 0 Å². The Morgan fingerprint density at radius 1 is 1.28 bits per heavy atom. The summed E-state index contributed by atoms with van der Waals surface area (Å²) in [4.78, 5) is 23.2. The smallest absolute Gasteiger partial charge is 0.433 e. The van der Waals surface area contributed by atoms with Crippen molar-refractivity contribution in [2.24, 2.45) is 10.9 Å². The van der Waals surface area contributed by atoms with Crippen LogP contribution in [0.15, 0.2) is 47.6 Å². The minimum atomic E-state index is -0.924. The molecule has 0 bridgehead atoms. The van der Waals surface area contributed by atoms with Crippen LogP contribution >= 0.6 is 0 Å². The number of imidazole rings is 1. The van der Waals surface area contributed by atoms with Gasteiger partial charge in [0.1, 0.15) is 11.6 Å². The second-order valence-electron chi connectivity index (χ2n) is 5.08. The number of carbonyl (C=O) groups is 1. The number of nitrogens with one attached hydrogen (secondary N) is 1.